The van der Waals surface area contributed by atoms with E-state index in [0.717, 1.165) is 21.1 Å². The highest BCUT2D eigenvalue weighted by Gasteiger charge is 2.64. The molecule has 11 nitrogen and oxygen atoms in total. The van der Waals surface area contributed by atoms with Crippen molar-refractivity contribution >= 4 is 39.2 Å². The maximum atomic E-state index is 12.4. The topological polar surface area (TPSA) is 156 Å². The van der Waals surface area contributed by atoms with Crippen molar-refractivity contribution in [1.29, 1.82) is 0 Å². The number of carbonyl (C=O) groups is 2. The Labute approximate surface area is 199 Å². The fourth-order valence-electron chi connectivity index (χ4n) is 1.45. The van der Waals surface area contributed by atoms with E-state index in [1.54, 1.807) is 0 Å². The number of carboxylic acid groups (broad SMARTS) is 1. The summed E-state index contributed by atoms with van der Waals surface area (Å²) in [5.41, 5.74) is -12.8. The predicted molar refractivity (Wildman–Crippen MR) is 102 cm³/mol. The van der Waals surface area contributed by atoms with Crippen molar-refractivity contribution in [1.82, 2.24) is 3.71 Å². The largest absolute Gasteiger partial charge is 0.870 e. The summed E-state index contributed by atoms with van der Waals surface area (Å²) >= 11 is 0. The maximum Gasteiger partial charge on any atom is 0.673 e. The lowest BCUT2D eigenvalue weighted by Crippen LogP contribution is -2.56. The van der Waals surface area contributed by atoms with Crippen LogP contribution < -0.4 is 0 Å². The number of alkyl halides is 6. The van der Waals surface area contributed by atoms with Gasteiger partial charge in [0.05, 0.1) is 42.3 Å². The molecule has 0 unspecified atom stereocenters. The van der Waals surface area contributed by atoms with Crippen molar-refractivity contribution in [3.05, 3.63) is 0 Å². The van der Waals surface area contributed by atoms with E-state index in [2.05, 4.69) is 0 Å². The van der Waals surface area contributed by atoms with Crippen molar-refractivity contribution in [2.75, 3.05) is 55.4 Å². The molecule has 0 fully saturated rings. The first kappa shape index (κ1) is 41.2. The van der Waals surface area contributed by atoms with E-state index < -0.39 is 64.9 Å². The van der Waals surface area contributed by atoms with Crippen LogP contribution in [-0.4, -0.2) is 126 Å². The summed E-state index contributed by atoms with van der Waals surface area (Å²) in [7, 11) is -11.3. The van der Waals surface area contributed by atoms with Gasteiger partial charge in [-0.1, -0.05) is 0 Å². The Morgan fingerprint density at radius 1 is 0.722 bits per heavy atom. The summed E-state index contributed by atoms with van der Waals surface area (Å²) in [6, 6.07) is 0. The number of aliphatic carboxylic acids is 1. The van der Waals surface area contributed by atoms with Gasteiger partial charge in [0.15, 0.2) is 13.1 Å². The number of quaternary nitrogens is 2. The molecule has 0 saturated carbocycles. The summed E-state index contributed by atoms with van der Waals surface area (Å²) in [6.07, 6.45) is 0. The molecule has 0 radical (unpaired) electrons. The molecule has 0 atom stereocenters. The van der Waals surface area contributed by atoms with E-state index in [-0.39, 0.29) is 12.0 Å². The lowest BCUT2D eigenvalue weighted by atomic mass is 10.3. The van der Waals surface area contributed by atoms with Gasteiger partial charge in [0.2, 0.25) is 0 Å². The summed E-state index contributed by atoms with van der Waals surface area (Å²) < 4.78 is 155. The standard InChI is InChI=1S/C7H11F6N2O5S2.C5H11NO2.BF4.H2O/c1-15(2,3)4-5(16)14(21(17,18)6(8,9)10)22(19,20)7(11,12)13;1-6(2,3)4-5(7)8;2-1(3,4)5;/h4H2,1-3H3;4H2,1-3H3;;1H2/q+1;;-1;. The van der Waals surface area contributed by atoms with E-state index in [1.165, 1.54) is 0 Å². The summed E-state index contributed by atoms with van der Waals surface area (Å²) in [5.74, 6) is -3.14. The van der Waals surface area contributed by atoms with Crippen LogP contribution in [0.3, 0.4) is 0 Å². The van der Waals surface area contributed by atoms with Gasteiger partial charge in [0, 0.05) is 0 Å². The molecule has 36 heavy (non-hydrogen) atoms. The number of hydrogen-bond donors (Lipinski definition) is 1. The van der Waals surface area contributed by atoms with Crippen molar-refractivity contribution in [3.63, 3.8) is 0 Å². The van der Waals surface area contributed by atoms with Crippen LogP contribution in [0.25, 0.3) is 0 Å². The van der Waals surface area contributed by atoms with E-state index in [0.29, 0.717) is 4.48 Å². The van der Waals surface area contributed by atoms with Gasteiger partial charge < -0.3 is 36.8 Å². The lowest BCUT2D eigenvalue weighted by Gasteiger charge is -2.28. The molecule has 0 rings (SSSR count). The van der Waals surface area contributed by atoms with E-state index in [9.17, 15) is 70.0 Å². The molecular weight excluding hydrogens is 579 g/mol. The summed E-state index contributed by atoms with van der Waals surface area (Å²) in [5, 5.41) is 8.23. The zero-order valence-electron chi connectivity index (χ0n) is 19.3. The molecule has 24 heteroatoms. The fraction of sp³-hybridized carbons (Fsp3) is 0.833. The Bertz CT molecular complexity index is 887. The molecule has 0 aliphatic carbocycles. The Hall–Kier alpha value is -1.92. The number of hydrogen-bond acceptors (Lipinski definition) is 7. The molecule has 220 valence electrons. The highest BCUT2D eigenvalue weighted by Crippen LogP contribution is 2.35. The first-order chi connectivity index (χ1) is 14.7. The highest BCUT2D eigenvalue weighted by molar-refractivity contribution is 8.05. The fourth-order valence-corrected chi connectivity index (χ4v) is 4.02. The van der Waals surface area contributed by atoms with Crippen LogP contribution in [-0.2, 0) is 29.6 Å². The van der Waals surface area contributed by atoms with Crippen LogP contribution in [0.5, 0.6) is 0 Å². The third-order valence-electron chi connectivity index (χ3n) is 2.44. The molecule has 0 aromatic carbocycles. The third-order valence-corrected chi connectivity index (χ3v) is 6.07. The van der Waals surface area contributed by atoms with Crippen molar-refractivity contribution in [2.24, 2.45) is 0 Å². The molecule has 0 aromatic heterocycles. The zero-order chi connectivity index (χ0) is 29.6. The Balaban J connectivity index is -0.000000301. The van der Waals surface area contributed by atoms with Gasteiger partial charge in [-0.25, -0.2) is 4.79 Å². The van der Waals surface area contributed by atoms with E-state index in [1.807, 2.05) is 21.1 Å². The predicted octanol–water partition coefficient (Wildman–Crippen LogP) is 1.12. The van der Waals surface area contributed by atoms with Crippen LogP contribution in [0, 0.1) is 0 Å². The second-order valence-corrected chi connectivity index (χ2v) is 12.1. The Morgan fingerprint density at radius 2 is 0.944 bits per heavy atom. The van der Waals surface area contributed by atoms with Crippen molar-refractivity contribution < 1.29 is 89.6 Å². The summed E-state index contributed by atoms with van der Waals surface area (Å²) in [4.78, 5) is 21.5. The molecule has 2 N–H and O–H groups in total. The molecule has 0 aliphatic rings. The highest BCUT2D eigenvalue weighted by atomic mass is 32.3. The second-order valence-electron chi connectivity index (χ2n) is 8.28. The monoisotopic (exact) mass is 603 g/mol. The number of likely N-dealkylation sites (N-methyl/N-ethyl adjacent to an activating group) is 2. The quantitative estimate of drug-likeness (QED) is 0.269. The van der Waals surface area contributed by atoms with Crippen molar-refractivity contribution in [3.8, 4) is 0 Å². The van der Waals surface area contributed by atoms with E-state index >= 15 is 0 Å². The molecule has 0 aromatic rings. The minimum Gasteiger partial charge on any atom is -0.870 e. The number of amides is 1. The Kier molecular flexibility index (Phi) is 14.9. The first-order valence-corrected chi connectivity index (χ1v) is 11.2. The van der Waals surface area contributed by atoms with Crippen LogP contribution in [0.4, 0.5) is 43.6 Å². The molecule has 0 heterocycles. The van der Waals surface area contributed by atoms with Crippen LogP contribution in [0.15, 0.2) is 0 Å². The number of carboxylic acids is 1. The molecular formula is C12H24BF10N3O8S2. The molecule has 1 amide bonds. The van der Waals surface area contributed by atoms with E-state index in [4.69, 9.17) is 5.11 Å². The smallest absolute Gasteiger partial charge is 0.673 e. The number of sulfonamides is 2. The number of nitrogens with zero attached hydrogens (tertiary/aromatic N) is 3. The zero-order valence-corrected chi connectivity index (χ0v) is 20.9. The minimum absolute atomic E-state index is 0. The van der Waals surface area contributed by atoms with Gasteiger partial charge >= 0.3 is 50.2 Å². The summed E-state index contributed by atoms with van der Waals surface area (Å²) in [6.45, 7) is -1.06. The van der Waals surface area contributed by atoms with Gasteiger partial charge in [0.1, 0.15) is 0 Å². The van der Waals surface area contributed by atoms with Crippen LogP contribution >= 0.6 is 0 Å². The molecule has 0 spiro atoms. The third kappa shape index (κ3) is 17.5. The number of halogens is 10. The second kappa shape index (κ2) is 13.1. The normalized spacial score (nSPS) is 13.2. The van der Waals surface area contributed by atoms with Gasteiger partial charge in [0.25, 0.3) is 0 Å². The molecule has 0 saturated heterocycles. The molecule has 0 bridgehead atoms. The van der Waals surface area contributed by atoms with Gasteiger partial charge in [-0.15, -0.1) is 3.71 Å². The van der Waals surface area contributed by atoms with Gasteiger partial charge in [-0.2, -0.15) is 43.2 Å². The van der Waals surface area contributed by atoms with Gasteiger partial charge in [-0.05, 0) is 0 Å². The number of rotatable bonds is 6. The number of carbonyl (C=O) groups excluding carboxylic acids is 1. The Morgan fingerprint density at radius 3 is 1.06 bits per heavy atom. The minimum atomic E-state index is -7.09. The lowest BCUT2D eigenvalue weighted by molar-refractivity contribution is -0.862. The van der Waals surface area contributed by atoms with Gasteiger partial charge in [-0.3, -0.25) is 4.79 Å². The SMILES string of the molecule is C[N+](C)(C)CC(=O)N(S(=O)(=O)C(F)(F)F)S(=O)(=O)C(F)(F)F.C[N+](C)(C)CC(=O)O.F[B-](F)(F)F.[OH-]. The molecule has 0 aliphatic heterocycles. The average molecular weight is 603 g/mol. The maximum absolute atomic E-state index is 12.4. The van der Waals surface area contributed by atoms with Crippen LogP contribution in [0.1, 0.15) is 0 Å². The average Bonchev–Trinajstić information content (AvgIpc) is 2.37. The first-order valence-electron chi connectivity index (χ1n) is 8.33. The van der Waals surface area contributed by atoms with Crippen molar-refractivity contribution in [2.45, 2.75) is 11.0 Å². The van der Waals surface area contributed by atoms with Crippen LogP contribution in [0.2, 0.25) is 0 Å².